The minimum Gasteiger partial charge on any atom is -0.388 e. The van der Waals surface area contributed by atoms with Crippen molar-refractivity contribution in [3.05, 3.63) is 34.2 Å². The van der Waals surface area contributed by atoms with Gasteiger partial charge in [-0.2, -0.15) is 4.98 Å². The zero-order chi connectivity index (χ0) is 12.4. The van der Waals surface area contributed by atoms with Crippen LogP contribution in [-0.4, -0.2) is 10.9 Å². The Bertz CT molecular complexity index is 631. The first-order valence-corrected chi connectivity index (χ1v) is 5.32. The van der Waals surface area contributed by atoms with Crippen molar-refractivity contribution in [3.8, 4) is 0 Å². The van der Waals surface area contributed by atoms with Gasteiger partial charge in [0.05, 0.1) is 10.9 Å². The van der Waals surface area contributed by atoms with Crippen LogP contribution in [0, 0.1) is 6.92 Å². The lowest BCUT2D eigenvalue weighted by molar-refractivity contribution is -0.116. The topological polar surface area (TPSA) is 72.2 Å². The van der Waals surface area contributed by atoms with Crippen LogP contribution >= 0.6 is 0 Å². The maximum absolute atomic E-state index is 11.7. The van der Waals surface area contributed by atoms with E-state index in [4.69, 9.17) is 4.42 Å². The van der Waals surface area contributed by atoms with E-state index in [1.54, 1.807) is 19.1 Å². The van der Waals surface area contributed by atoms with Crippen LogP contribution in [0.4, 0.5) is 6.01 Å². The highest BCUT2D eigenvalue weighted by Gasteiger charge is 2.09. The fourth-order valence-corrected chi connectivity index (χ4v) is 1.54. The van der Waals surface area contributed by atoms with Crippen molar-refractivity contribution in [3.63, 3.8) is 0 Å². The zero-order valence-electron chi connectivity index (χ0n) is 9.61. The van der Waals surface area contributed by atoms with E-state index in [0.717, 1.165) is 5.56 Å². The van der Waals surface area contributed by atoms with Crippen molar-refractivity contribution in [1.82, 2.24) is 4.98 Å². The average Bonchev–Trinajstić information content (AvgIpc) is 2.28. The number of rotatable bonds is 2. The second kappa shape index (κ2) is 4.37. The molecule has 5 heteroatoms. The van der Waals surface area contributed by atoms with Gasteiger partial charge in [-0.25, -0.2) is 4.79 Å². The molecule has 0 atom stereocenters. The molecule has 1 aromatic carbocycles. The summed E-state index contributed by atoms with van der Waals surface area (Å²) in [7, 11) is 0. The summed E-state index contributed by atoms with van der Waals surface area (Å²) in [6, 6.07) is 5.27. The molecule has 88 valence electrons. The Morgan fingerprint density at radius 1 is 1.47 bits per heavy atom. The van der Waals surface area contributed by atoms with Crippen LogP contribution in [0.15, 0.2) is 27.4 Å². The molecule has 2 aromatic rings. The second-order valence-electron chi connectivity index (χ2n) is 3.68. The van der Waals surface area contributed by atoms with E-state index in [2.05, 4.69) is 10.3 Å². The first-order chi connectivity index (χ1) is 8.11. The van der Waals surface area contributed by atoms with Crippen LogP contribution in [0.3, 0.4) is 0 Å². The van der Waals surface area contributed by atoms with E-state index in [9.17, 15) is 9.59 Å². The van der Waals surface area contributed by atoms with E-state index in [1.165, 1.54) is 0 Å². The van der Waals surface area contributed by atoms with E-state index in [0.29, 0.717) is 17.3 Å². The van der Waals surface area contributed by atoms with Crippen molar-refractivity contribution < 1.29 is 9.21 Å². The van der Waals surface area contributed by atoms with E-state index in [1.807, 2.05) is 13.0 Å². The van der Waals surface area contributed by atoms with Crippen LogP contribution in [-0.2, 0) is 4.79 Å². The summed E-state index contributed by atoms with van der Waals surface area (Å²) in [4.78, 5) is 27.0. The van der Waals surface area contributed by atoms with Crippen molar-refractivity contribution in [2.45, 2.75) is 20.3 Å². The van der Waals surface area contributed by atoms with Crippen molar-refractivity contribution in [1.29, 1.82) is 0 Å². The van der Waals surface area contributed by atoms with Crippen molar-refractivity contribution >= 4 is 22.8 Å². The number of benzene rings is 1. The van der Waals surface area contributed by atoms with E-state index >= 15 is 0 Å². The van der Waals surface area contributed by atoms with E-state index < -0.39 is 5.63 Å². The number of hydrogen-bond acceptors (Lipinski definition) is 4. The minimum absolute atomic E-state index is 0.0556. The van der Waals surface area contributed by atoms with Crippen molar-refractivity contribution in [2.75, 3.05) is 5.32 Å². The van der Waals surface area contributed by atoms with Gasteiger partial charge < -0.3 is 4.42 Å². The third-order valence-electron chi connectivity index (χ3n) is 2.43. The molecule has 5 nitrogen and oxygen atoms in total. The molecule has 0 saturated carbocycles. The molecule has 0 spiro atoms. The Hall–Kier alpha value is -2.17. The lowest BCUT2D eigenvalue weighted by atomic mass is 10.1. The summed E-state index contributed by atoms with van der Waals surface area (Å²) in [5.41, 5.74) is 0.837. The predicted molar refractivity (Wildman–Crippen MR) is 63.9 cm³/mol. The normalized spacial score (nSPS) is 10.5. The molecule has 1 N–H and O–H groups in total. The van der Waals surface area contributed by atoms with Crippen molar-refractivity contribution in [2.24, 2.45) is 0 Å². The third-order valence-corrected chi connectivity index (χ3v) is 2.43. The standard InChI is InChI=1S/C12H12N2O3/c1-3-9(15)14-12-13-8-6-4-5-7(2)10(8)11(16)17-12/h4-6H,3H2,1-2H3,(H,13,14,15). The number of nitrogens with zero attached hydrogens (tertiary/aromatic N) is 1. The number of hydrogen-bond donors (Lipinski definition) is 1. The molecule has 1 amide bonds. The summed E-state index contributed by atoms with van der Waals surface area (Å²) >= 11 is 0. The molecule has 0 bridgehead atoms. The molecule has 0 radical (unpaired) electrons. The summed E-state index contributed by atoms with van der Waals surface area (Å²) in [6.45, 7) is 3.52. The molecular weight excluding hydrogens is 220 g/mol. The van der Waals surface area contributed by atoms with Gasteiger partial charge in [0.1, 0.15) is 0 Å². The first kappa shape index (κ1) is 11.3. The molecule has 0 unspecified atom stereocenters. The molecule has 0 aliphatic carbocycles. The van der Waals surface area contributed by atoms with Gasteiger partial charge in [-0.05, 0) is 18.6 Å². The molecule has 0 aliphatic rings. The van der Waals surface area contributed by atoms with Gasteiger partial charge in [-0.3, -0.25) is 10.1 Å². The molecule has 2 rings (SSSR count). The minimum atomic E-state index is -0.487. The number of amides is 1. The first-order valence-electron chi connectivity index (χ1n) is 5.32. The number of nitrogens with one attached hydrogen (secondary N) is 1. The fourth-order valence-electron chi connectivity index (χ4n) is 1.54. The van der Waals surface area contributed by atoms with Gasteiger partial charge in [-0.15, -0.1) is 0 Å². The predicted octanol–water partition coefficient (Wildman–Crippen LogP) is 1.84. The largest absolute Gasteiger partial charge is 0.388 e. The molecule has 1 heterocycles. The van der Waals surface area contributed by atoms with Gasteiger partial charge in [0.15, 0.2) is 0 Å². The monoisotopic (exact) mass is 232 g/mol. The smallest absolute Gasteiger partial charge is 0.348 e. The highest BCUT2D eigenvalue weighted by atomic mass is 16.4. The number of aryl methyl sites for hydroxylation is 1. The highest BCUT2D eigenvalue weighted by molar-refractivity contribution is 5.89. The summed E-state index contributed by atoms with van der Waals surface area (Å²) in [5.74, 6) is -0.243. The Morgan fingerprint density at radius 2 is 2.24 bits per heavy atom. The average molecular weight is 232 g/mol. The van der Waals surface area contributed by atoms with E-state index in [-0.39, 0.29) is 11.9 Å². The Kier molecular flexibility index (Phi) is 2.91. The summed E-state index contributed by atoms with van der Waals surface area (Å²) in [5, 5.41) is 2.87. The highest BCUT2D eigenvalue weighted by Crippen LogP contribution is 2.14. The van der Waals surface area contributed by atoms with Gasteiger partial charge in [0.25, 0.3) is 0 Å². The van der Waals surface area contributed by atoms with Crippen LogP contribution in [0.5, 0.6) is 0 Å². The molecule has 0 aliphatic heterocycles. The van der Waals surface area contributed by atoms with Crippen LogP contribution in [0.1, 0.15) is 18.9 Å². The van der Waals surface area contributed by atoms with Crippen LogP contribution in [0.2, 0.25) is 0 Å². The Balaban J connectivity index is 2.57. The fraction of sp³-hybridized carbons (Fsp3) is 0.250. The maximum atomic E-state index is 11.7. The molecular formula is C12H12N2O3. The number of anilines is 1. The maximum Gasteiger partial charge on any atom is 0.348 e. The number of aromatic nitrogens is 1. The van der Waals surface area contributed by atoms with Gasteiger partial charge in [-0.1, -0.05) is 19.1 Å². The number of fused-ring (bicyclic) bond motifs is 1. The lowest BCUT2D eigenvalue weighted by Gasteiger charge is -2.03. The molecule has 0 saturated heterocycles. The molecule has 0 fully saturated rings. The lowest BCUT2D eigenvalue weighted by Crippen LogP contribution is -2.14. The third kappa shape index (κ3) is 2.18. The zero-order valence-corrected chi connectivity index (χ0v) is 9.61. The SMILES string of the molecule is CCC(=O)Nc1nc2cccc(C)c2c(=O)o1. The van der Waals surface area contributed by atoms with Gasteiger partial charge in [0.2, 0.25) is 5.91 Å². The molecule has 1 aromatic heterocycles. The Labute approximate surface area is 97.5 Å². The van der Waals surface area contributed by atoms with Gasteiger partial charge in [0, 0.05) is 6.42 Å². The number of carbonyl (C=O) groups is 1. The summed E-state index contributed by atoms with van der Waals surface area (Å²) in [6.07, 6.45) is 0.303. The van der Waals surface area contributed by atoms with Gasteiger partial charge >= 0.3 is 11.6 Å². The van der Waals surface area contributed by atoms with Crippen LogP contribution in [0.25, 0.3) is 10.9 Å². The second-order valence-corrected chi connectivity index (χ2v) is 3.68. The number of carbonyl (C=O) groups excluding carboxylic acids is 1. The quantitative estimate of drug-likeness (QED) is 0.857. The summed E-state index contributed by atoms with van der Waals surface area (Å²) < 4.78 is 4.95. The Morgan fingerprint density at radius 3 is 2.94 bits per heavy atom. The van der Waals surface area contributed by atoms with Crippen LogP contribution < -0.4 is 10.9 Å². The molecule has 17 heavy (non-hydrogen) atoms.